The lowest BCUT2D eigenvalue weighted by Gasteiger charge is -2.11. The molecule has 12 heavy (non-hydrogen) atoms. The van der Waals surface area contributed by atoms with Gasteiger partial charge in [0.15, 0.2) is 0 Å². The number of rotatable bonds is 1. The molecule has 2 N–H and O–H groups in total. The Balaban J connectivity index is 1.96. The molecule has 0 bridgehead atoms. The lowest BCUT2D eigenvalue weighted by Crippen LogP contribution is -2.24. The molecule has 2 saturated carbocycles. The molecule has 2 atom stereocenters. The third-order valence-corrected chi connectivity index (χ3v) is 3.58. The second-order valence-electron chi connectivity index (χ2n) is 4.05. The highest BCUT2D eigenvalue weighted by Gasteiger charge is 2.66. The first kappa shape index (κ1) is 6.72. The Morgan fingerprint density at radius 2 is 2.17 bits per heavy atom. The summed E-state index contributed by atoms with van der Waals surface area (Å²) in [7, 11) is 0. The van der Waals surface area contributed by atoms with Gasteiger partial charge in [0.05, 0.1) is 11.8 Å². The van der Waals surface area contributed by atoms with E-state index in [1.807, 2.05) is 12.1 Å². The van der Waals surface area contributed by atoms with Crippen molar-refractivity contribution in [3.8, 4) is 0 Å². The molecule has 0 saturated heterocycles. The van der Waals surface area contributed by atoms with Gasteiger partial charge in [-0.3, -0.25) is 0 Å². The first-order chi connectivity index (χ1) is 5.83. The van der Waals surface area contributed by atoms with Gasteiger partial charge in [-0.15, -0.1) is 0 Å². The Morgan fingerprint density at radius 3 is 2.75 bits per heavy atom. The zero-order valence-corrected chi connectivity index (χ0v) is 6.99. The number of hydrogen-bond acceptors (Lipinski definition) is 2. The molecule has 1 aromatic heterocycles. The summed E-state index contributed by atoms with van der Waals surface area (Å²) in [5, 5.41) is 0. The van der Waals surface area contributed by atoms with E-state index < -0.39 is 0 Å². The first-order valence-corrected chi connectivity index (χ1v) is 4.66. The molecule has 3 rings (SSSR count). The monoisotopic (exact) mass is 163 g/mol. The number of fused-ring (bicyclic) bond motifs is 1. The summed E-state index contributed by atoms with van der Waals surface area (Å²) < 4.78 is 5.37. The molecular weight excluding hydrogens is 150 g/mol. The molecule has 2 heteroatoms. The maximum absolute atomic E-state index is 6.27. The SMILES string of the molecule is NC1(c2ccco2)C2CCCC21. The van der Waals surface area contributed by atoms with E-state index in [9.17, 15) is 0 Å². The van der Waals surface area contributed by atoms with Crippen molar-refractivity contribution in [2.45, 2.75) is 24.8 Å². The predicted molar refractivity (Wildman–Crippen MR) is 45.4 cm³/mol. The summed E-state index contributed by atoms with van der Waals surface area (Å²) in [6, 6.07) is 3.94. The van der Waals surface area contributed by atoms with E-state index in [1.165, 1.54) is 19.3 Å². The van der Waals surface area contributed by atoms with Gasteiger partial charge in [0.25, 0.3) is 0 Å². The highest BCUT2D eigenvalue weighted by Crippen LogP contribution is 2.64. The average molecular weight is 163 g/mol. The number of hydrogen-bond donors (Lipinski definition) is 1. The van der Waals surface area contributed by atoms with Gasteiger partial charge in [0, 0.05) is 0 Å². The van der Waals surface area contributed by atoms with Crippen LogP contribution in [0.15, 0.2) is 22.8 Å². The van der Waals surface area contributed by atoms with Crippen LogP contribution in [0.5, 0.6) is 0 Å². The van der Waals surface area contributed by atoms with Crippen molar-refractivity contribution in [1.29, 1.82) is 0 Å². The third-order valence-electron chi connectivity index (χ3n) is 3.58. The van der Waals surface area contributed by atoms with Crippen molar-refractivity contribution in [3.63, 3.8) is 0 Å². The van der Waals surface area contributed by atoms with Crippen molar-refractivity contribution in [1.82, 2.24) is 0 Å². The Hall–Kier alpha value is -0.760. The first-order valence-electron chi connectivity index (χ1n) is 4.66. The van der Waals surface area contributed by atoms with Crippen molar-refractivity contribution in [2.75, 3.05) is 0 Å². The highest BCUT2D eigenvalue weighted by atomic mass is 16.3. The summed E-state index contributed by atoms with van der Waals surface area (Å²) in [5.41, 5.74) is 6.19. The molecule has 0 aliphatic heterocycles. The van der Waals surface area contributed by atoms with Crippen LogP contribution in [0.4, 0.5) is 0 Å². The lowest BCUT2D eigenvalue weighted by atomic mass is 10.0. The van der Waals surface area contributed by atoms with Crippen LogP contribution >= 0.6 is 0 Å². The molecule has 2 aliphatic carbocycles. The predicted octanol–water partition coefficient (Wildman–Crippen LogP) is 1.86. The van der Waals surface area contributed by atoms with Gasteiger partial charge < -0.3 is 10.2 Å². The van der Waals surface area contributed by atoms with Gasteiger partial charge in [-0.05, 0) is 36.8 Å². The maximum Gasteiger partial charge on any atom is 0.124 e. The zero-order chi connectivity index (χ0) is 8.18. The van der Waals surface area contributed by atoms with Crippen LogP contribution < -0.4 is 5.73 Å². The molecule has 64 valence electrons. The Kier molecular flexibility index (Phi) is 1.09. The van der Waals surface area contributed by atoms with E-state index in [2.05, 4.69) is 0 Å². The minimum atomic E-state index is -0.0816. The molecule has 0 radical (unpaired) electrons. The van der Waals surface area contributed by atoms with Gasteiger partial charge in [-0.2, -0.15) is 0 Å². The van der Waals surface area contributed by atoms with Crippen molar-refractivity contribution >= 4 is 0 Å². The van der Waals surface area contributed by atoms with Crippen LogP contribution in [0, 0.1) is 11.8 Å². The minimum Gasteiger partial charge on any atom is -0.467 e. The lowest BCUT2D eigenvalue weighted by molar-refractivity contribution is 0.401. The standard InChI is InChI=1S/C10H13NO/c11-10(9-5-2-6-12-9)7-3-1-4-8(7)10/h2,5-8H,1,3-4,11H2. The van der Waals surface area contributed by atoms with Crippen LogP contribution in [-0.2, 0) is 5.54 Å². The number of furan rings is 1. The van der Waals surface area contributed by atoms with E-state index in [0.29, 0.717) is 11.8 Å². The van der Waals surface area contributed by atoms with Crippen LogP contribution in [-0.4, -0.2) is 0 Å². The summed E-state index contributed by atoms with van der Waals surface area (Å²) in [5.74, 6) is 2.42. The van der Waals surface area contributed by atoms with Crippen LogP contribution in [0.2, 0.25) is 0 Å². The van der Waals surface area contributed by atoms with Crippen LogP contribution in [0.1, 0.15) is 25.0 Å². The molecule has 0 amide bonds. The van der Waals surface area contributed by atoms with Gasteiger partial charge in [-0.25, -0.2) is 0 Å². The Labute approximate surface area is 71.7 Å². The van der Waals surface area contributed by atoms with Crippen molar-refractivity contribution in [2.24, 2.45) is 17.6 Å². The van der Waals surface area contributed by atoms with Crippen LogP contribution in [0.3, 0.4) is 0 Å². The van der Waals surface area contributed by atoms with Crippen molar-refractivity contribution in [3.05, 3.63) is 24.2 Å². The molecule has 2 nitrogen and oxygen atoms in total. The van der Waals surface area contributed by atoms with E-state index in [0.717, 1.165) is 5.76 Å². The molecular formula is C10H13NO. The average Bonchev–Trinajstić information content (AvgIpc) is 2.62. The van der Waals surface area contributed by atoms with E-state index in [-0.39, 0.29) is 5.54 Å². The van der Waals surface area contributed by atoms with Gasteiger partial charge in [-0.1, -0.05) is 6.42 Å². The molecule has 1 heterocycles. The molecule has 1 aromatic rings. The zero-order valence-electron chi connectivity index (χ0n) is 6.99. The largest absolute Gasteiger partial charge is 0.467 e. The Morgan fingerprint density at radius 1 is 1.42 bits per heavy atom. The molecule has 0 spiro atoms. The summed E-state index contributed by atoms with van der Waals surface area (Å²) in [6.07, 6.45) is 5.66. The Bertz CT molecular complexity index is 281. The highest BCUT2D eigenvalue weighted by molar-refractivity contribution is 5.29. The van der Waals surface area contributed by atoms with Gasteiger partial charge >= 0.3 is 0 Å². The molecule has 0 aromatic carbocycles. The number of nitrogens with two attached hydrogens (primary N) is 1. The fourth-order valence-electron chi connectivity index (χ4n) is 2.89. The van der Waals surface area contributed by atoms with E-state index in [1.54, 1.807) is 6.26 Å². The smallest absolute Gasteiger partial charge is 0.124 e. The third kappa shape index (κ3) is 0.604. The fourth-order valence-corrected chi connectivity index (χ4v) is 2.89. The van der Waals surface area contributed by atoms with Gasteiger partial charge in [0.1, 0.15) is 5.76 Å². The summed E-state index contributed by atoms with van der Waals surface area (Å²) in [6.45, 7) is 0. The van der Waals surface area contributed by atoms with Crippen LogP contribution in [0.25, 0.3) is 0 Å². The summed E-state index contributed by atoms with van der Waals surface area (Å²) in [4.78, 5) is 0. The minimum absolute atomic E-state index is 0.0816. The molecule has 2 aliphatic rings. The summed E-state index contributed by atoms with van der Waals surface area (Å²) >= 11 is 0. The molecule has 2 unspecified atom stereocenters. The fraction of sp³-hybridized carbons (Fsp3) is 0.600. The van der Waals surface area contributed by atoms with Crippen molar-refractivity contribution < 1.29 is 4.42 Å². The van der Waals surface area contributed by atoms with E-state index >= 15 is 0 Å². The maximum atomic E-state index is 6.27. The van der Waals surface area contributed by atoms with E-state index in [4.69, 9.17) is 10.2 Å². The topological polar surface area (TPSA) is 39.2 Å². The second kappa shape index (κ2) is 1.94. The second-order valence-corrected chi connectivity index (χ2v) is 4.05. The van der Waals surface area contributed by atoms with Gasteiger partial charge in [0.2, 0.25) is 0 Å². The normalized spacial score (nSPS) is 44.4. The molecule has 2 fully saturated rings. The quantitative estimate of drug-likeness (QED) is 0.686.